The van der Waals surface area contributed by atoms with E-state index in [1.165, 1.54) is 6.42 Å². The van der Waals surface area contributed by atoms with Crippen molar-refractivity contribution in [2.24, 2.45) is 0 Å². The summed E-state index contributed by atoms with van der Waals surface area (Å²) in [5.41, 5.74) is -0.0635. The first-order valence-electron chi connectivity index (χ1n) is 6.72. The fraction of sp³-hybridized carbons (Fsp3) is 0.769. The number of carbonyl (C=O) groups is 1. The number of hydrogen-bond donors (Lipinski definition) is 0. The molecule has 1 aliphatic carbocycles. The van der Waals surface area contributed by atoms with Gasteiger partial charge in [-0.1, -0.05) is 31.4 Å². The Morgan fingerprint density at radius 1 is 1.44 bits per heavy atom. The number of hydrogen-bond acceptors (Lipinski definition) is 4. The minimum absolute atomic E-state index is 0.0446. The Labute approximate surface area is 108 Å². The quantitative estimate of drug-likeness (QED) is 0.753. The highest BCUT2D eigenvalue weighted by Crippen LogP contribution is 2.33. The van der Waals surface area contributed by atoms with Crippen LogP contribution < -0.4 is 0 Å². The first kappa shape index (κ1) is 13.2. The third-order valence-electron chi connectivity index (χ3n) is 3.75. The topological polar surface area (TPSA) is 57.0 Å². The number of Topliss-reactive ketones (excluding diaryl/α,β-unsaturated/α-hetero) is 1. The van der Waals surface area contributed by atoms with E-state index < -0.39 is 5.60 Å². The molecule has 100 valence electrons. The van der Waals surface area contributed by atoms with Crippen molar-refractivity contribution in [1.82, 2.24) is 15.0 Å². The van der Waals surface area contributed by atoms with Crippen LogP contribution in [0.2, 0.25) is 0 Å². The Bertz CT molecular complexity index is 408. The Morgan fingerprint density at radius 2 is 2.17 bits per heavy atom. The molecule has 1 saturated carbocycles. The third kappa shape index (κ3) is 2.32. The van der Waals surface area contributed by atoms with Gasteiger partial charge in [0.1, 0.15) is 11.3 Å². The standard InChI is InChI=1S/C13H21N3O2/c1-3-9-16-11(10-14-15-16)12(17)13(18-2)7-5-4-6-8-13/h10H,3-9H2,1-2H3. The average molecular weight is 251 g/mol. The Hall–Kier alpha value is -1.23. The van der Waals surface area contributed by atoms with E-state index in [4.69, 9.17) is 4.74 Å². The Balaban J connectivity index is 2.25. The van der Waals surface area contributed by atoms with E-state index in [-0.39, 0.29) is 5.78 Å². The summed E-state index contributed by atoms with van der Waals surface area (Å²) in [4.78, 5) is 12.7. The van der Waals surface area contributed by atoms with Crippen LogP contribution in [0.3, 0.4) is 0 Å². The van der Waals surface area contributed by atoms with Gasteiger partial charge >= 0.3 is 0 Å². The van der Waals surface area contributed by atoms with Gasteiger partial charge in [-0.25, -0.2) is 4.68 Å². The maximum Gasteiger partial charge on any atom is 0.214 e. The highest BCUT2D eigenvalue weighted by atomic mass is 16.5. The van der Waals surface area contributed by atoms with Crippen molar-refractivity contribution in [2.75, 3.05) is 7.11 Å². The first-order chi connectivity index (χ1) is 8.73. The van der Waals surface area contributed by atoms with Crippen LogP contribution in [0.1, 0.15) is 55.9 Å². The molecule has 0 aromatic carbocycles. The lowest BCUT2D eigenvalue weighted by atomic mass is 9.80. The second kappa shape index (κ2) is 5.61. The molecule has 5 nitrogen and oxygen atoms in total. The van der Waals surface area contributed by atoms with E-state index in [0.29, 0.717) is 5.69 Å². The molecule has 0 bridgehead atoms. The highest BCUT2D eigenvalue weighted by Gasteiger charge is 2.41. The summed E-state index contributed by atoms with van der Waals surface area (Å²) in [6.45, 7) is 2.78. The van der Waals surface area contributed by atoms with Crippen molar-refractivity contribution < 1.29 is 9.53 Å². The molecule has 1 fully saturated rings. The van der Waals surface area contributed by atoms with E-state index in [0.717, 1.165) is 38.6 Å². The van der Waals surface area contributed by atoms with Gasteiger partial charge in [-0.3, -0.25) is 4.79 Å². The monoisotopic (exact) mass is 251 g/mol. The smallest absolute Gasteiger partial charge is 0.214 e. The zero-order valence-electron chi connectivity index (χ0n) is 11.2. The predicted molar refractivity (Wildman–Crippen MR) is 67.5 cm³/mol. The second-order valence-electron chi connectivity index (χ2n) is 4.93. The maximum atomic E-state index is 12.7. The van der Waals surface area contributed by atoms with E-state index in [1.807, 2.05) is 0 Å². The van der Waals surface area contributed by atoms with Crippen molar-refractivity contribution in [1.29, 1.82) is 0 Å². The molecular weight excluding hydrogens is 230 g/mol. The molecule has 0 amide bonds. The lowest BCUT2D eigenvalue weighted by molar-refractivity contribution is -0.0201. The SMILES string of the molecule is CCCn1nncc1C(=O)C1(OC)CCCCC1. The molecule has 0 atom stereocenters. The van der Waals surface area contributed by atoms with E-state index in [9.17, 15) is 4.79 Å². The summed E-state index contributed by atoms with van der Waals surface area (Å²) in [6.07, 6.45) is 7.39. The molecule has 0 unspecified atom stereocenters. The van der Waals surface area contributed by atoms with E-state index >= 15 is 0 Å². The summed E-state index contributed by atoms with van der Waals surface area (Å²) in [7, 11) is 1.64. The largest absolute Gasteiger partial charge is 0.370 e. The number of nitrogens with zero attached hydrogens (tertiary/aromatic N) is 3. The normalized spacial score (nSPS) is 18.8. The maximum absolute atomic E-state index is 12.7. The summed E-state index contributed by atoms with van der Waals surface area (Å²) in [5.74, 6) is 0.0446. The third-order valence-corrected chi connectivity index (χ3v) is 3.75. The molecule has 1 heterocycles. The lowest BCUT2D eigenvalue weighted by Gasteiger charge is -2.34. The molecule has 1 aromatic rings. The molecule has 5 heteroatoms. The number of methoxy groups -OCH3 is 1. The predicted octanol–water partition coefficient (Wildman–Crippen LogP) is 2.22. The van der Waals surface area contributed by atoms with Crippen molar-refractivity contribution in [3.8, 4) is 0 Å². The molecule has 0 N–H and O–H groups in total. The molecule has 18 heavy (non-hydrogen) atoms. The Kier molecular flexibility index (Phi) is 4.11. The van der Waals surface area contributed by atoms with E-state index in [2.05, 4.69) is 17.2 Å². The average Bonchev–Trinajstić information content (AvgIpc) is 2.87. The van der Waals surface area contributed by atoms with Gasteiger partial charge in [0.25, 0.3) is 0 Å². The van der Waals surface area contributed by atoms with Crippen LogP contribution in [0.25, 0.3) is 0 Å². The van der Waals surface area contributed by atoms with Crippen molar-refractivity contribution in [3.63, 3.8) is 0 Å². The zero-order valence-corrected chi connectivity index (χ0v) is 11.2. The van der Waals surface area contributed by atoms with Gasteiger partial charge in [0, 0.05) is 13.7 Å². The molecule has 0 saturated heterocycles. The van der Waals surface area contributed by atoms with Crippen LogP contribution in [0, 0.1) is 0 Å². The molecule has 0 radical (unpaired) electrons. The lowest BCUT2D eigenvalue weighted by Crippen LogP contribution is -2.43. The van der Waals surface area contributed by atoms with Crippen molar-refractivity contribution >= 4 is 5.78 Å². The first-order valence-corrected chi connectivity index (χ1v) is 6.72. The minimum atomic E-state index is -0.647. The zero-order chi connectivity index (χ0) is 13.0. The van der Waals surface area contributed by atoms with Crippen LogP contribution in [0.4, 0.5) is 0 Å². The number of carbonyl (C=O) groups excluding carboxylic acids is 1. The number of ketones is 1. The van der Waals surface area contributed by atoms with Gasteiger partial charge in [0.05, 0.1) is 6.20 Å². The van der Waals surface area contributed by atoms with Gasteiger partial charge in [0.15, 0.2) is 0 Å². The molecule has 1 aliphatic rings. The van der Waals surface area contributed by atoms with E-state index in [1.54, 1.807) is 18.0 Å². The molecular formula is C13H21N3O2. The highest BCUT2D eigenvalue weighted by molar-refractivity contribution is 6.01. The van der Waals surface area contributed by atoms with Crippen molar-refractivity contribution in [3.05, 3.63) is 11.9 Å². The van der Waals surface area contributed by atoms with Crippen LogP contribution in [-0.4, -0.2) is 33.5 Å². The molecule has 0 aliphatic heterocycles. The van der Waals surface area contributed by atoms with Crippen LogP contribution in [0.5, 0.6) is 0 Å². The molecule has 1 aromatic heterocycles. The van der Waals surface area contributed by atoms with Gasteiger partial charge in [-0.05, 0) is 19.3 Å². The van der Waals surface area contributed by atoms with Crippen molar-refractivity contribution in [2.45, 2.75) is 57.6 Å². The molecule has 2 rings (SSSR count). The second-order valence-corrected chi connectivity index (χ2v) is 4.93. The van der Waals surface area contributed by atoms with Gasteiger partial charge < -0.3 is 4.74 Å². The summed E-state index contributed by atoms with van der Waals surface area (Å²) >= 11 is 0. The molecule has 0 spiro atoms. The summed E-state index contributed by atoms with van der Waals surface area (Å²) < 4.78 is 7.27. The number of aryl methyl sites for hydroxylation is 1. The number of rotatable bonds is 5. The summed E-state index contributed by atoms with van der Waals surface area (Å²) in [6, 6.07) is 0. The minimum Gasteiger partial charge on any atom is -0.370 e. The van der Waals surface area contributed by atoms with Crippen LogP contribution in [0.15, 0.2) is 6.20 Å². The summed E-state index contributed by atoms with van der Waals surface area (Å²) in [5, 5.41) is 7.84. The van der Waals surface area contributed by atoms with Gasteiger partial charge in [0.2, 0.25) is 5.78 Å². The van der Waals surface area contributed by atoms with Gasteiger partial charge in [-0.15, -0.1) is 5.10 Å². The van der Waals surface area contributed by atoms with Crippen LogP contribution in [-0.2, 0) is 11.3 Å². The number of aromatic nitrogens is 3. The Morgan fingerprint density at radius 3 is 2.78 bits per heavy atom. The fourth-order valence-electron chi connectivity index (χ4n) is 2.69. The van der Waals surface area contributed by atoms with Crippen LogP contribution >= 0.6 is 0 Å². The van der Waals surface area contributed by atoms with Gasteiger partial charge in [-0.2, -0.15) is 0 Å². The number of ether oxygens (including phenoxy) is 1. The fourth-order valence-corrected chi connectivity index (χ4v) is 2.69.